The molecule has 15 heavy (non-hydrogen) atoms. The molecule has 0 N–H and O–H groups in total. The molecular weight excluding hydrogens is 418 g/mol. The molecule has 0 fully saturated rings. The molecule has 0 saturated heterocycles. The van der Waals surface area contributed by atoms with E-state index < -0.39 is 0 Å². The van der Waals surface area contributed by atoms with Crippen LogP contribution in [0.15, 0.2) is 41.2 Å². The van der Waals surface area contributed by atoms with Gasteiger partial charge in [0.1, 0.15) is 3.70 Å². The van der Waals surface area contributed by atoms with Gasteiger partial charge in [0.25, 0.3) is 5.56 Å². The van der Waals surface area contributed by atoms with Crippen molar-refractivity contribution < 1.29 is 0 Å². The zero-order chi connectivity index (χ0) is 10.8. The van der Waals surface area contributed by atoms with Crippen molar-refractivity contribution in [3.63, 3.8) is 0 Å². The summed E-state index contributed by atoms with van der Waals surface area (Å²) in [7, 11) is 0. The smallest absolute Gasteiger partial charge is 0.267 e. The fraction of sp³-hybridized carbons (Fsp3) is 0. The Kier molecular flexibility index (Phi) is 3.39. The molecule has 1 heterocycles. The molecule has 5 heteroatoms. The van der Waals surface area contributed by atoms with Gasteiger partial charge in [-0.05, 0) is 57.3 Å². The molecule has 0 aliphatic rings. The van der Waals surface area contributed by atoms with Crippen molar-refractivity contribution in [1.82, 2.24) is 9.78 Å². The highest BCUT2D eigenvalue weighted by Gasteiger charge is 2.04. The van der Waals surface area contributed by atoms with Crippen LogP contribution in [0.4, 0.5) is 0 Å². The second kappa shape index (κ2) is 4.60. The summed E-state index contributed by atoms with van der Waals surface area (Å²) < 4.78 is 3.12. The standard InChI is InChI=1S/C10H6I2N2O/c11-8-6-9(15)14(13-10(8)12)7-4-2-1-3-5-7/h1-6H. The molecule has 0 bridgehead atoms. The van der Waals surface area contributed by atoms with Crippen molar-refractivity contribution in [3.8, 4) is 5.69 Å². The molecule has 1 aromatic carbocycles. The molecule has 2 rings (SSSR count). The van der Waals surface area contributed by atoms with Gasteiger partial charge in [0.05, 0.1) is 9.26 Å². The van der Waals surface area contributed by atoms with Gasteiger partial charge in [0, 0.05) is 6.07 Å². The first-order chi connectivity index (χ1) is 7.18. The second-order valence-electron chi connectivity index (χ2n) is 2.87. The van der Waals surface area contributed by atoms with Crippen LogP contribution >= 0.6 is 45.2 Å². The van der Waals surface area contributed by atoms with E-state index in [0.717, 1.165) is 13.0 Å². The quantitative estimate of drug-likeness (QED) is 0.660. The van der Waals surface area contributed by atoms with Crippen LogP contribution in [0.5, 0.6) is 0 Å². The molecule has 0 aliphatic carbocycles. The van der Waals surface area contributed by atoms with E-state index in [4.69, 9.17) is 0 Å². The Morgan fingerprint density at radius 3 is 2.47 bits per heavy atom. The molecule has 2 aromatic rings. The summed E-state index contributed by atoms with van der Waals surface area (Å²) in [6, 6.07) is 11.0. The van der Waals surface area contributed by atoms with E-state index in [1.54, 1.807) is 6.07 Å². The Bertz CT molecular complexity index is 537. The van der Waals surface area contributed by atoms with E-state index in [1.165, 1.54) is 4.68 Å². The van der Waals surface area contributed by atoms with Crippen LogP contribution in [-0.2, 0) is 0 Å². The van der Waals surface area contributed by atoms with Crippen LogP contribution in [0.2, 0.25) is 0 Å². The number of benzene rings is 1. The van der Waals surface area contributed by atoms with Crippen LogP contribution < -0.4 is 5.56 Å². The summed E-state index contributed by atoms with van der Waals surface area (Å²) in [6.07, 6.45) is 0. The molecule has 0 amide bonds. The van der Waals surface area contributed by atoms with Crippen molar-refractivity contribution in [2.45, 2.75) is 0 Å². The summed E-state index contributed by atoms with van der Waals surface area (Å²) in [5.74, 6) is 0. The van der Waals surface area contributed by atoms with Gasteiger partial charge in [0.15, 0.2) is 0 Å². The molecule has 3 nitrogen and oxygen atoms in total. The normalized spacial score (nSPS) is 10.3. The summed E-state index contributed by atoms with van der Waals surface area (Å²) in [6.45, 7) is 0. The third kappa shape index (κ3) is 2.39. The Hall–Kier alpha value is -0.440. The molecular formula is C10H6I2N2O. The van der Waals surface area contributed by atoms with E-state index in [0.29, 0.717) is 0 Å². The van der Waals surface area contributed by atoms with Crippen molar-refractivity contribution in [1.29, 1.82) is 0 Å². The number of halogens is 2. The molecule has 0 unspecified atom stereocenters. The maximum absolute atomic E-state index is 11.7. The number of hydrogen-bond acceptors (Lipinski definition) is 2. The van der Waals surface area contributed by atoms with Crippen LogP contribution in [0.1, 0.15) is 0 Å². The molecule has 76 valence electrons. The first kappa shape index (κ1) is 11.1. The van der Waals surface area contributed by atoms with E-state index in [9.17, 15) is 4.79 Å². The predicted molar refractivity (Wildman–Crippen MR) is 75.3 cm³/mol. The Balaban J connectivity index is 2.65. The average Bonchev–Trinajstić information content (AvgIpc) is 2.25. The monoisotopic (exact) mass is 424 g/mol. The van der Waals surface area contributed by atoms with Crippen LogP contribution in [0.25, 0.3) is 5.69 Å². The average molecular weight is 424 g/mol. The zero-order valence-corrected chi connectivity index (χ0v) is 11.8. The van der Waals surface area contributed by atoms with Crippen LogP contribution in [0.3, 0.4) is 0 Å². The topological polar surface area (TPSA) is 34.9 Å². The van der Waals surface area contributed by atoms with Gasteiger partial charge in [-0.1, -0.05) is 18.2 Å². The lowest BCUT2D eigenvalue weighted by Crippen LogP contribution is -2.21. The Labute approximate surface area is 114 Å². The SMILES string of the molecule is O=c1cc(I)c(I)nn1-c1ccccc1. The third-order valence-corrected chi connectivity index (χ3v) is 4.50. The minimum absolute atomic E-state index is 0.106. The van der Waals surface area contributed by atoms with Crippen molar-refractivity contribution in [2.75, 3.05) is 0 Å². The van der Waals surface area contributed by atoms with Gasteiger partial charge in [-0.3, -0.25) is 4.79 Å². The Morgan fingerprint density at radius 1 is 1.13 bits per heavy atom. The van der Waals surface area contributed by atoms with Crippen molar-refractivity contribution in [2.24, 2.45) is 0 Å². The van der Waals surface area contributed by atoms with Crippen molar-refractivity contribution >= 4 is 45.2 Å². The molecule has 0 spiro atoms. The summed E-state index contributed by atoms with van der Waals surface area (Å²) in [5.41, 5.74) is 0.683. The largest absolute Gasteiger partial charge is 0.272 e. The maximum atomic E-state index is 11.7. The van der Waals surface area contributed by atoms with E-state index in [1.807, 2.05) is 30.3 Å². The second-order valence-corrected chi connectivity index (χ2v) is 5.05. The number of aromatic nitrogens is 2. The minimum Gasteiger partial charge on any atom is -0.267 e. The highest BCUT2D eigenvalue weighted by atomic mass is 127. The summed E-state index contributed by atoms with van der Waals surface area (Å²) in [4.78, 5) is 11.7. The number of hydrogen-bond donors (Lipinski definition) is 0. The molecule has 0 saturated carbocycles. The van der Waals surface area contributed by atoms with Gasteiger partial charge in [-0.2, -0.15) is 9.78 Å². The third-order valence-electron chi connectivity index (χ3n) is 1.84. The zero-order valence-electron chi connectivity index (χ0n) is 7.52. The fourth-order valence-electron chi connectivity index (χ4n) is 1.17. The van der Waals surface area contributed by atoms with Gasteiger partial charge < -0.3 is 0 Å². The Morgan fingerprint density at radius 2 is 1.80 bits per heavy atom. The highest BCUT2D eigenvalue weighted by molar-refractivity contribution is 14.1. The van der Waals surface area contributed by atoms with E-state index in [-0.39, 0.29) is 5.56 Å². The lowest BCUT2D eigenvalue weighted by Gasteiger charge is -2.04. The van der Waals surface area contributed by atoms with Gasteiger partial charge >= 0.3 is 0 Å². The molecule has 0 aliphatic heterocycles. The molecule has 0 atom stereocenters. The van der Waals surface area contributed by atoms with Gasteiger partial charge in [-0.15, -0.1) is 0 Å². The first-order valence-corrected chi connectivity index (χ1v) is 6.35. The molecule has 0 radical (unpaired) electrons. The maximum Gasteiger partial charge on any atom is 0.272 e. The molecule has 1 aromatic heterocycles. The minimum atomic E-state index is -0.106. The van der Waals surface area contributed by atoms with E-state index >= 15 is 0 Å². The van der Waals surface area contributed by atoms with Crippen LogP contribution in [0, 0.1) is 7.27 Å². The number of rotatable bonds is 1. The van der Waals surface area contributed by atoms with Gasteiger partial charge in [0.2, 0.25) is 0 Å². The number of para-hydroxylation sites is 1. The van der Waals surface area contributed by atoms with Gasteiger partial charge in [-0.25, -0.2) is 0 Å². The fourth-order valence-corrected chi connectivity index (χ4v) is 1.91. The predicted octanol–water partition coefficient (Wildman–Crippen LogP) is 2.44. The highest BCUT2D eigenvalue weighted by Crippen LogP contribution is 2.10. The summed E-state index contributed by atoms with van der Waals surface area (Å²) in [5, 5.41) is 4.23. The number of nitrogens with zero attached hydrogens (tertiary/aromatic N) is 2. The first-order valence-electron chi connectivity index (χ1n) is 4.19. The lowest BCUT2D eigenvalue weighted by atomic mass is 10.3. The lowest BCUT2D eigenvalue weighted by molar-refractivity contribution is 0.787. The van der Waals surface area contributed by atoms with E-state index in [2.05, 4.69) is 50.3 Å². The summed E-state index contributed by atoms with van der Waals surface area (Å²) >= 11 is 4.22. The van der Waals surface area contributed by atoms with Crippen LogP contribution in [-0.4, -0.2) is 9.78 Å². The van der Waals surface area contributed by atoms with Crippen molar-refractivity contribution in [3.05, 3.63) is 54.0 Å².